The second-order valence-corrected chi connectivity index (χ2v) is 3.61. The molecule has 1 heteroatoms. The Hall–Kier alpha value is -0.310. The van der Waals surface area contributed by atoms with Gasteiger partial charge in [-0.05, 0) is 46.7 Å². The Bertz CT molecular complexity index is 251. The summed E-state index contributed by atoms with van der Waals surface area (Å²) < 4.78 is 1.29. The van der Waals surface area contributed by atoms with Crippen molar-refractivity contribution in [3.63, 3.8) is 0 Å². The smallest absolute Gasteiger partial charge is 0.0136 e. The third-order valence-electron chi connectivity index (χ3n) is 1.39. The van der Waals surface area contributed by atoms with Crippen LogP contribution in [0.15, 0.2) is 30.3 Å². The first kappa shape index (κ1) is 8.78. The summed E-state index contributed by atoms with van der Waals surface area (Å²) >= 11 is 2.32. The van der Waals surface area contributed by atoms with Crippen molar-refractivity contribution in [3.05, 3.63) is 39.5 Å². The standard InChI is InChI=1S/C10H11I/c1-2-3-5-9-6-4-7-10(11)8-9/h3-8H,2H2,1H3. The summed E-state index contributed by atoms with van der Waals surface area (Å²) in [7, 11) is 0. The van der Waals surface area contributed by atoms with Crippen molar-refractivity contribution in [2.45, 2.75) is 13.3 Å². The van der Waals surface area contributed by atoms with Crippen LogP contribution >= 0.6 is 22.6 Å². The van der Waals surface area contributed by atoms with Crippen molar-refractivity contribution in [3.8, 4) is 0 Å². The van der Waals surface area contributed by atoms with E-state index in [9.17, 15) is 0 Å². The predicted octanol–water partition coefficient (Wildman–Crippen LogP) is 3.71. The van der Waals surface area contributed by atoms with Crippen molar-refractivity contribution in [2.75, 3.05) is 0 Å². The van der Waals surface area contributed by atoms with Gasteiger partial charge < -0.3 is 0 Å². The van der Waals surface area contributed by atoms with Crippen LogP contribution in [0.2, 0.25) is 0 Å². The summed E-state index contributed by atoms with van der Waals surface area (Å²) in [6.07, 6.45) is 5.43. The average Bonchev–Trinajstić information content (AvgIpc) is 2.01. The monoisotopic (exact) mass is 258 g/mol. The normalized spacial score (nSPS) is 10.7. The van der Waals surface area contributed by atoms with E-state index < -0.39 is 0 Å². The Morgan fingerprint density at radius 3 is 2.91 bits per heavy atom. The molecule has 0 fully saturated rings. The minimum Gasteiger partial charge on any atom is -0.0842 e. The number of benzene rings is 1. The van der Waals surface area contributed by atoms with Crippen molar-refractivity contribution < 1.29 is 0 Å². The lowest BCUT2D eigenvalue weighted by molar-refractivity contribution is 1.23. The Morgan fingerprint density at radius 1 is 1.45 bits per heavy atom. The molecular weight excluding hydrogens is 247 g/mol. The summed E-state index contributed by atoms with van der Waals surface area (Å²) in [5.74, 6) is 0. The van der Waals surface area contributed by atoms with E-state index in [0.717, 1.165) is 6.42 Å². The van der Waals surface area contributed by atoms with Gasteiger partial charge in [-0.15, -0.1) is 0 Å². The minimum absolute atomic E-state index is 1.10. The van der Waals surface area contributed by atoms with E-state index in [2.05, 4.69) is 65.9 Å². The third-order valence-corrected chi connectivity index (χ3v) is 2.07. The van der Waals surface area contributed by atoms with Crippen LogP contribution in [0.4, 0.5) is 0 Å². The molecule has 1 aromatic rings. The van der Waals surface area contributed by atoms with Crippen LogP contribution in [0.5, 0.6) is 0 Å². The number of hydrogen-bond donors (Lipinski definition) is 0. The first-order chi connectivity index (χ1) is 5.33. The molecule has 1 aromatic carbocycles. The van der Waals surface area contributed by atoms with E-state index in [1.54, 1.807) is 0 Å². The molecule has 0 N–H and O–H groups in total. The largest absolute Gasteiger partial charge is 0.0842 e. The van der Waals surface area contributed by atoms with Gasteiger partial charge in [0.2, 0.25) is 0 Å². The molecule has 0 nitrogen and oxygen atoms in total. The third kappa shape index (κ3) is 3.06. The summed E-state index contributed by atoms with van der Waals surface area (Å²) in [5, 5.41) is 0. The number of hydrogen-bond acceptors (Lipinski definition) is 0. The van der Waals surface area contributed by atoms with E-state index in [1.165, 1.54) is 9.13 Å². The summed E-state index contributed by atoms with van der Waals surface area (Å²) in [6.45, 7) is 2.14. The van der Waals surface area contributed by atoms with Crippen LogP contribution in [0.3, 0.4) is 0 Å². The van der Waals surface area contributed by atoms with Gasteiger partial charge >= 0.3 is 0 Å². The zero-order valence-corrected chi connectivity index (χ0v) is 8.71. The van der Waals surface area contributed by atoms with Gasteiger partial charge in [0, 0.05) is 3.57 Å². The molecule has 0 radical (unpaired) electrons. The first-order valence-corrected chi connectivity index (χ1v) is 4.83. The Balaban J connectivity index is 2.79. The zero-order valence-electron chi connectivity index (χ0n) is 6.55. The molecule has 0 atom stereocenters. The Morgan fingerprint density at radius 2 is 2.27 bits per heavy atom. The molecule has 0 bridgehead atoms. The highest BCUT2D eigenvalue weighted by Gasteiger charge is 1.86. The highest BCUT2D eigenvalue weighted by molar-refractivity contribution is 14.1. The van der Waals surface area contributed by atoms with Crippen molar-refractivity contribution in [1.82, 2.24) is 0 Å². The maximum absolute atomic E-state index is 2.32. The lowest BCUT2D eigenvalue weighted by atomic mass is 10.2. The van der Waals surface area contributed by atoms with Gasteiger partial charge in [-0.1, -0.05) is 31.2 Å². The summed E-state index contributed by atoms with van der Waals surface area (Å²) in [5.41, 5.74) is 1.29. The molecule has 58 valence electrons. The lowest BCUT2D eigenvalue weighted by Crippen LogP contribution is -1.72. The molecule has 0 aliphatic heterocycles. The topological polar surface area (TPSA) is 0 Å². The van der Waals surface area contributed by atoms with Crippen LogP contribution in [0.1, 0.15) is 18.9 Å². The average molecular weight is 258 g/mol. The predicted molar refractivity (Wildman–Crippen MR) is 58.5 cm³/mol. The van der Waals surface area contributed by atoms with Gasteiger partial charge in [0.15, 0.2) is 0 Å². The fraction of sp³-hybridized carbons (Fsp3) is 0.200. The molecule has 0 spiro atoms. The Labute approximate surface area is 81.5 Å². The maximum Gasteiger partial charge on any atom is 0.0136 e. The fourth-order valence-corrected chi connectivity index (χ4v) is 1.43. The molecule has 0 aliphatic rings. The molecule has 1 rings (SSSR count). The maximum atomic E-state index is 2.32. The molecule has 0 saturated heterocycles. The first-order valence-electron chi connectivity index (χ1n) is 3.75. The molecule has 0 unspecified atom stereocenters. The van der Waals surface area contributed by atoms with Gasteiger partial charge in [-0.2, -0.15) is 0 Å². The molecule has 0 aliphatic carbocycles. The lowest BCUT2D eigenvalue weighted by Gasteiger charge is -1.92. The molecule has 0 aromatic heterocycles. The van der Waals surface area contributed by atoms with Gasteiger partial charge in [-0.3, -0.25) is 0 Å². The number of allylic oxidation sites excluding steroid dienone is 1. The molecule has 0 amide bonds. The van der Waals surface area contributed by atoms with Crippen LogP contribution in [0.25, 0.3) is 6.08 Å². The fourth-order valence-electron chi connectivity index (χ4n) is 0.864. The van der Waals surface area contributed by atoms with Crippen molar-refractivity contribution >= 4 is 28.7 Å². The Kier molecular flexibility index (Phi) is 3.63. The second-order valence-electron chi connectivity index (χ2n) is 2.37. The van der Waals surface area contributed by atoms with Crippen LogP contribution in [0, 0.1) is 3.57 Å². The molecule has 0 saturated carbocycles. The van der Waals surface area contributed by atoms with E-state index in [1.807, 2.05) is 0 Å². The highest BCUT2D eigenvalue weighted by atomic mass is 127. The SMILES string of the molecule is CCC=Cc1cccc(I)c1. The van der Waals surface area contributed by atoms with E-state index >= 15 is 0 Å². The van der Waals surface area contributed by atoms with E-state index in [4.69, 9.17) is 0 Å². The van der Waals surface area contributed by atoms with Gasteiger partial charge in [0.1, 0.15) is 0 Å². The minimum atomic E-state index is 1.10. The quantitative estimate of drug-likeness (QED) is 0.709. The molecular formula is C10H11I. The van der Waals surface area contributed by atoms with Crippen LogP contribution < -0.4 is 0 Å². The van der Waals surface area contributed by atoms with Gasteiger partial charge in [0.25, 0.3) is 0 Å². The number of rotatable bonds is 2. The van der Waals surface area contributed by atoms with Crippen molar-refractivity contribution in [2.24, 2.45) is 0 Å². The van der Waals surface area contributed by atoms with E-state index in [0.29, 0.717) is 0 Å². The van der Waals surface area contributed by atoms with E-state index in [-0.39, 0.29) is 0 Å². The molecule has 11 heavy (non-hydrogen) atoms. The zero-order chi connectivity index (χ0) is 8.10. The van der Waals surface area contributed by atoms with Gasteiger partial charge in [0.05, 0.1) is 0 Å². The van der Waals surface area contributed by atoms with Crippen molar-refractivity contribution in [1.29, 1.82) is 0 Å². The second kappa shape index (κ2) is 4.54. The molecule has 0 heterocycles. The van der Waals surface area contributed by atoms with Crippen LogP contribution in [-0.4, -0.2) is 0 Å². The summed E-state index contributed by atoms with van der Waals surface area (Å²) in [6, 6.07) is 8.47. The highest BCUT2D eigenvalue weighted by Crippen LogP contribution is 2.09. The van der Waals surface area contributed by atoms with Gasteiger partial charge in [-0.25, -0.2) is 0 Å². The number of halogens is 1. The van der Waals surface area contributed by atoms with Crippen LogP contribution in [-0.2, 0) is 0 Å². The summed E-state index contributed by atoms with van der Waals surface area (Å²) in [4.78, 5) is 0.